The van der Waals surface area contributed by atoms with Gasteiger partial charge < -0.3 is 5.32 Å². The molecule has 1 N–H and O–H groups in total. The van der Waals surface area contributed by atoms with Crippen LogP contribution < -0.4 is 9.62 Å². The van der Waals surface area contributed by atoms with Crippen LogP contribution in [0.1, 0.15) is 48.2 Å². The van der Waals surface area contributed by atoms with Crippen LogP contribution in [0, 0.1) is 0 Å². The van der Waals surface area contributed by atoms with Crippen molar-refractivity contribution < 1.29 is 13.2 Å². The molecule has 1 aliphatic rings. The summed E-state index contributed by atoms with van der Waals surface area (Å²) in [6, 6.07) is 18.8. The van der Waals surface area contributed by atoms with Crippen molar-refractivity contribution in [2.24, 2.45) is 0 Å². The molecule has 32 heavy (non-hydrogen) atoms. The van der Waals surface area contributed by atoms with Gasteiger partial charge in [-0.15, -0.1) is 0 Å². The molecular weight excluding hydrogens is 444 g/mol. The Labute approximate surface area is 194 Å². The topological polar surface area (TPSA) is 66.5 Å². The van der Waals surface area contributed by atoms with Crippen LogP contribution in [-0.2, 0) is 16.4 Å². The van der Waals surface area contributed by atoms with E-state index in [1.165, 1.54) is 22.0 Å². The highest BCUT2D eigenvalue weighted by Gasteiger charge is 2.36. The van der Waals surface area contributed by atoms with E-state index in [0.29, 0.717) is 28.6 Å². The Morgan fingerprint density at radius 3 is 2.31 bits per heavy atom. The quantitative estimate of drug-likeness (QED) is 0.510. The molecule has 0 saturated heterocycles. The number of sulfonamides is 1. The first kappa shape index (κ1) is 22.4. The van der Waals surface area contributed by atoms with Crippen molar-refractivity contribution in [1.29, 1.82) is 0 Å². The number of fused-ring (bicyclic) bond motifs is 1. The minimum absolute atomic E-state index is 0.188. The molecule has 166 valence electrons. The van der Waals surface area contributed by atoms with E-state index in [0.717, 1.165) is 11.3 Å². The zero-order chi connectivity index (χ0) is 23.0. The maximum absolute atomic E-state index is 13.3. The molecule has 7 heteroatoms. The zero-order valence-electron chi connectivity index (χ0n) is 18.2. The van der Waals surface area contributed by atoms with Gasteiger partial charge in [0.2, 0.25) is 0 Å². The van der Waals surface area contributed by atoms with Gasteiger partial charge in [-0.3, -0.25) is 9.10 Å². The van der Waals surface area contributed by atoms with Gasteiger partial charge in [0.05, 0.1) is 10.6 Å². The van der Waals surface area contributed by atoms with E-state index in [2.05, 4.69) is 19.2 Å². The van der Waals surface area contributed by atoms with Crippen molar-refractivity contribution >= 4 is 38.9 Å². The molecule has 0 bridgehead atoms. The monoisotopic (exact) mass is 468 g/mol. The van der Waals surface area contributed by atoms with Crippen LogP contribution in [0.4, 0.5) is 11.4 Å². The standard InChI is InChI=1S/C25H25ClN2O3S/c1-16(2)18-4-9-22(10-5-18)27-25(29)19-6-13-24-20(15-19)14-17(3)28(24)32(30,31)23-11-7-21(26)8-12-23/h4-13,15-17H,14H2,1-3H3,(H,27,29)/t17-/m0/s1. The van der Waals surface area contributed by atoms with Crippen molar-refractivity contribution in [2.45, 2.75) is 44.0 Å². The Morgan fingerprint density at radius 2 is 1.69 bits per heavy atom. The summed E-state index contributed by atoms with van der Waals surface area (Å²) in [4.78, 5) is 13.0. The summed E-state index contributed by atoms with van der Waals surface area (Å²) in [5.74, 6) is 0.197. The Kier molecular flexibility index (Phi) is 6.01. The number of rotatable bonds is 5. The van der Waals surface area contributed by atoms with Crippen molar-refractivity contribution in [3.05, 3.63) is 88.4 Å². The van der Waals surface area contributed by atoms with Crippen molar-refractivity contribution in [1.82, 2.24) is 0 Å². The molecule has 0 fully saturated rings. The molecule has 0 radical (unpaired) electrons. The fraction of sp³-hybridized carbons (Fsp3) is 0.240. The number of hydrogen-bond acceptors (Lipinski definition) is 3. The Hall–Kier alpha value is -2.83. The van der Waals surface area contributed by atoms with Crippen LogP contribution in [0.5, 0.6) is 0 Å². The SMILES string of the molecule is CC(C)c1ccc(NC(=O)c2ccc3c(c2)C[C@H](C)N3S(=O)(=O)c2ccc(Cl)cc2)cc1. The maximum Gasteiger partial charge on any atom is 0.264 e. The van der Waals surface area contributed by atoms with Gasteiger partial charge in [0.15, 0.2) is 0 Å². The predicted octanol–water partition coefficient (Wildman–Crippen LogP) is 5.86. The van der Waals surface area contributed by atoms with Gasteiger partial charge in [-0.1, -0.05) is 37.6 Å². The predicted molar refractivity (Wildman–Crippen MR) is 129 cm³/mol. The lowest BCUT2D eigenvalue weighted by molar-refractivity contribution is 0.102. The molecule has 1 heterocycles. The number of nitrogens with zero attached hydrogens (tertiary/aromatic N) is 1. The second-order valence-electron chi connectivity index (χ2n) is 8.38. The number of hydrogen-bond donors (Lipinski definition) is 1. The third-order valence-electron chi connectivity index (χ3n) is 5.70. The van der Waals surface area contributed by atoms with Crippen molar-refractivity contribution in [3.8, 4) is 0 Å². The summed E-state index contributed by atoms with van der Waals surface area (Å²) in [6.07, 6.45) is 0.534. The Bertz CT molecular complexity index is 1250. The lowest BCUT2D eigenvalue weighted by Crippen LogP contribution is -2.35. The number of anilines is 2. The zero-order valence-corrected chi connectivity index (χ0v) is 19.7. The van der Waals surface area contributed by atoms with Gasteiger partial charge in [-0.05, 0) is 85.0 Å². The fourth-order valence-electron chi connectivity index (χ4n) is 3.98. The van der Waals surface area contributed by atoms with Crippen LogP contribution in [0.25, 0.3) is 0 Å². The average Bonchev–Trinajstić information content (AvgIpc) is 3.10. The fourth-order valence-corrected chi connectivity index (χ4v) is 5.80. The van der Waals surface area contributed by atoms with Crippen molar-refractivity contribution in [2.75, 3.05) is 9.62 Å². The molecule has 0 saturated carbocycles. The van der Waals surface area contributed by atoms with Crippen LogP contribution in [0.3, 0.4) is 0 Å². The first-order chi connectivity index (χ1) is 15.2. The Morgan fingerprint density at radius 1 is 1.03 bits per heavy atom. The number of halogens is 1. The van der Waals surface area contributed by atoms with Crippen LogP contribution >= 0.6 is 11.6 Å². The van der Waals surface area contributed by atoms with Gasteiger partial charge in [-0.2, -0.15) is 0 Å². The Balaban J connectivity index is 1.58. The van der Waals surface area contributed by atoms with E-state index < -0.39 is 10.0 Å². The van der Waals surface area contributed by atoms with Crippen LogP contribution in [-0.4, -0.2) is 20.4 Å². The lowest BCUT2D eigenvalue weighted by atomic mass is 10.0. The van der Waals surface area contributed by atoms with E-state index in [1.54, 1.807) is 30.3 Å². The first-order valence-corrected chi connectivity index (χ1v) is 12.3. The summed E-state index contributed by atoms with van der Waals surface area (Å²) in [5, 5.41) is 3.40. The summed E-state index contributed by atoms with van der Waals surface area (Å²) in [7, 11) is -3.74. The van der Waals surface area contributed by atoms with E-state index >= 15 is 0 Å². The van der Waals surface area contributed by atoms with E-state index in [9.17, 15) is 13.2 Å². The summed E-state index contributed by atoms with van der Waals surface area (Å²) < 4.78 is 27.9. The smallest absolute Gasteiger partial charge is 0.264 e. The number of carbonyl (C=O) groups excluding carboxylic acids is 1. The normalized spacial score (nSPS) is 15.7. The number of carbonyl (C=O) groups is 1. The largest absolute Gasteiger partial charge is 0.322 e. The molecule has 4 rings (SSSR count). The molecule has 0 aromatic heterocycles. The molecule has 3 aromatic carbocycles. The highest BCUT2D eigenvalue weighted by molar-refractivity contribution is 7.92. The molecule has 3 aromatic rings. The minimum atomic E-state index is -3.74. The van der Waals surface area contributed by atoms with Gasteiger partial charge in [0, 0.05) is 22.3 Å². The maximum atomic E-state index is 13.3. The second-order valence-corrected chi connectivity index (χ2v) is 10.6. The van der Waals surface area contributed by atoms with Crippen LogP contribution in [0.2, 0.25) is 5.02 Å². The number of nitrogens with one attached hydrogen (secondary N) is 1. The molecule has 1 amide bonds. The third-order valence-corrected chi connectivity index (χ3v) is 7.89. The third kappa shape index (κ3) is 4.25. The van der Waals surface area contributed by atoms with Gasteiger partial charge in [-0.25, -0.2) is 8.42 Å². The minimum Gasteiger partial charge on any atom is -0.322 e. The van der Waals surface area contributed by atoms with E-state index in [-0.39, 0.29) is 16.8 Å². The van der Waals surface area contributed by atoms with Gasteiger partial charge >= 0.3 is 0 Å². The molecular formula is C25H25ClN2O3S. The van der Waals surface area contributed by atoms with E-state index in [1.807, 2.05) is 31.2 Å². The number of amides is 1. The van der Waals surface area contributed by atoms with Crippen LogP contribution in [0.15, 0.2) is 71.6 Å². The molecule has 0 unspecified atom stereocenters. The summed E-state index contributed by atoms with van der Waals surface area (Å²) in [5.41, 5.74) is 3.86. The molecule has 1 aliphatic heterocycles. The molecule has 0 aliphatic carbocycles. The highest BCUT2D eigenvalue weighted by atomic mass is 35.5. The van der Waals surface area contributed by atoms with Gasteiger partial charge in [0.25, 0.3) is 15.9 Å². The van der Waals surface area contributed by atoms with Crippen molar-refractivity contribution in [3.63, 3.8) is 0 Å². The number of benzene rings is 3. The molecule has 0 spiro atoms. The second kappa shape index (κ2) is 8.60. The van der Waals surface area contributed by atoms with E-state index in [4.69, 9.17) is 11.6 Å². The molecule has 1 atom stereocenters. The first-order valence-electron chi connectivity index (χ1n) is 10.5. The lowest BCUT2D eigenvalue weighted by Gasteiger charge is -2.24. The summed E-state index contributed by atoms with van der Waals surface area (Å²) in [6.45, 7) is 6.11. The average molecular weight is 469 g/mol. The highest BCUT2D eigenvalue weighted by Crippen LogP contribution is 2.37. The molecule has 5 nitrogen and oxygen atoms in total. The van der Waals surface area contributed by atoms with Gasteiger partial charge in [0.1, 0.15) is 0 Å². The summed E-state index contributed by atoms with van der Waals surface area (Å²) >= 11 is 5.91.